The topological polar surface area (TPSA) is 116 Å². The number of ether oxygens (including phenoxy) is 1. The summed E-state index contributed by atoms with van der Waals surface area (Å²) < 4.78 is 75.1. The first-order valence-corrected chi connectivity index (χ1v) is 11.7. The molecule has 2 aliphatic heterocycles. The van der Waals surface area contributed by atoms with Gasteiger partial charge in [-0.05, 0) is 50.2 Å². The zero-order valence-corrected chi connectivity index (χ0v) is 20.9. The molecule has 2 aromatic rings. The highest BCUT2D eigenvalue weighted by molar-refractivity contribution is 5.73. The number of rotatable bonds is 6. The van der Waals surface area contributed by atoms with Crippen LogP contribution in [0.3, 0.4) is 0 Å². The number of likely N-dealkylation sites (N-methyl/N-ethyl adjacent to an activating group) is 1. The van der Waals surface area contributed by atoms with E-state index in [1.54, 1.807) is 6.26 Å². The number of likely N-dealkylation sites (tertiary alicyclic amines) is 1. The Bertz CT molecular complexity index is 996. The molecule has 2 fully saturated rings. The molecule has 0 radical (unpaired) electrons. The van der Waals surface area contributed by atoms with Crippen molar-refractivity contribution in [2.24, 2.45) is 11.8 Å². The van der Waals surface area contributed by atoms with Crippen molar-refractivity contribution in [1.29, 1.82) is 0 Å². The van der Waals surface area contributed by atoms with Crippen LogP contribution in [0.25, 0.3) is 0 Å². The second kappa shape index (κ2) is 14.3. The highest BCUT2D eigenvalue weighted by atomic mass is 19.4. The van der Waals surface area contributed by atoms with E-state index in [9.17, 15) is 26.3 Å². The van der Waals surface area contributed by atoms with Crippen LogP contribution in [0, 0.1) is 11.8 Å². The number of fused-ring (bicyclic) bond motifs is 1. The van der Waals surface area contributed by atoms with Crippen molar-refractivity contribution in [1.82, 2.24) is 14.8 Å². The van der Waals surface area contributed by atoms with Crippen LogP contribution in [0.15, 0.2) is 47.2 Å². The van der Waals surface area contributed by atoms with Gasteiger partial charge in [0.05, 0.1) is 31.2 Å². The van der Waals surface area contributed by atoms with Crippen LogP contribution in [-0.2, 0) is 27.4 Å². The normalized spacial score (nSPS) is 21.3. The molecule has 0 unspecified atom stereocenters. The minimum atomic E-state index is -5.08. The molecule has 218 valence electrons. The van der Waals surface area contributed by atoms with Crippen molar-refractivity contribution in [3.63, 3.8) is 0 Å². The number of furan rings is 1. The van der Waals surface area contributed by atoms with Crippen LogP contribution in [0.4, 0.5) is 26.3 Å². The summed E-state index contributed by atoms with van der Waals surface area (Å²) >= 11 is 0. The molecule has 39 heavy (non-hydrogen) atoms. The Morgan fingerprint density at radius 1 is 1.08 bits per heavy atom. The minimum Gasteiger partial charge on any atom is -0.475 e. The van der Waals surface area contributed by atoms with Crippen LogP contribution >= 0.6 is 0 Å². The van der Waals surface area contributed by atoms with Gasteiger partial charge in [-0.25, -0.2) is 9.59 Å². The van der Waals surface area contributed by atoms with Gasteiger partial charge < -0.3 is 19.4 Å². The van der Waals surface area contributed by atoms with Crippen LogP contribution in [0.2, 0.25) is 0 Å². The Labute approximate surface area is 220 Å². The van der Waals surface area contributed by atoms with Gasteiger partial charge in [0.25, 0.3) is 0 Å². The predicted octanol–water partition coefficient (Wildman–Crippen LogP) is 3.91. The van der Waals surface area contributed by atoms with Gasteiger partial charge in [-0.3, -0.25) is 14.8 Å². The first-order chi connectivity index (χ1) is 18.2. The number of nitrogens with zero attached hydrogens (tertiary/aromatic N) is 3. The van der Waals surface area contributed by atoms with Gasteiger partial charge in [0, 0.05) is 31.7 Å². The van der Waals surface area contributed by atoms with Gasteiger partial charge in [-0.15, -0.1) is 0 Å². The quantitative estimate of drug-likeness (QED) is 0.500. The van der Waals surface area contributed by atoms with E-state index < -0.39 is 24.3 Å². The summed E-state index contributed by atoms with van der Waals surface area (Å²) in [6.07, 6.45) is -5.00. The highest BCUT2D eigenvalue weighted by Gasteiger charge is 2.41. The first-order valence-electron chi connectivity index (χ1n) is 11.7. The van der Waals surface area contributed by atoms with Gasteiger partial charge in [-0.2, -0.15) is 26.3 Å². The number of aliphatic carboxylic acids is 2. The van der Waals surface area contributed by atoms with Crippen LogP contribution in [-0.4, -0.2) is 88.7 Å². The molecule has 0 bridgehead atoms. The number of halogens is 6. The predicted molar refractivity (Wildman–Crippen MR) is 123 cm³/mol. The van der Waals surface area contributed by atoms with E-state index in [-0.39, 0.29) is 0 Å². The number of aromatic nitrogens is 1. The maximum Gasteiger partial charge on any atom is 0.490 e. The molecule has 0 saturated carbocycles. The summed E-state index contributed by atoms with van der Waals surface area (Å²) in [4.78, 5) is 27.1. The van der Waals surface area contributed by atoms with Gasteiger partial charge >= 0.3 is 24.3 Å². The highest BCUT2D eigenvalue weighted by Crippen LogP contribution is 2.35. The van der Waals surface area contributed by atoms with E-state index >= 15 is 0 Å². The van der Waals surface area contributed by atoms with E-state index in [4.69, 9.17) is 29.0 Å². The fourth-order valence-corrected chi connectivity index (χ4v) is 4.19. The maximum absolute atomic E-state index is 10.6. The molecule has 3 atom stereocenters. The lowest BCUT2D eigenvalue weighted by Crippen LogP contribution is -2.44. The number of carbonyl (C=O) groups is 2. The number of piperidine rings is 1. The first kappa shape index (κ1) is 32.0. The molecule has 4 heterocycles. The molecule has 15 heteroatoms. The Kier molecular flexibility index (Phi) is 11.7. The summed E-state index contributed by atoms with van der Waals surface area (Å²) in [6, 6.07) is 10.1. The number of hydrogen-bond donors (Lipinski definition) is 2. The Morgan fingerprint density at radius 2 is 1.72 bits per heavy atom. The van der Waals surface area contributed by atoms with Crippen molar-refractivity contribution in [2.45, 2.75) is 38.0 Å². The van der Waals surface area contributed by atoms with E-state index in [2.05, 4.69) is 34.0 Å². The summed E-state index contributed by atoms with van der Waals surface area (Å²) in [6.45, 7) is 5.91. The Balaban J connectivity index is 0.000000317. The summed E-state index contributed by atoms with van der Waals surface area (Å²) in [5.41, 5.74) is 1.16. The molecule has 2 saturated heterocycles. The molecule has 0 amide bonds. The molecule has 4 rings (SSSR count). The zero-order valence-electron chi connectivity index (χ0n) is 20.9. The van der Waals surface area contributed by atoms with Crippen LogP contribution < -0.4 is 0 Å². The number of pyridine rings is 1. The fourth-order valence-electron chi connectivity index (χ4n) is 4.19. The maximum atomic E-state index is 10.6. The smallest absolute Gasteiger partial charge is 0.475 e. The van der Waals surface area contributed by atoms with Crippen molar-refractivity contribution in [3.8, 4) is 0 Å². The zero-order chi connectivity index (χ0) is 29.2. The molecule has 0 aromatic carbocycles. The molecule has 0 spiro atoms. The van der Waals surface area contributed by atoms with Crippen molar-refractivity contribution >= 4 is 11.9 Å². The van der Waals surface area contributed by atoms with Crippen LogP contribution in [0.5, 0.6) is 0 Å². The SMILES string of the molecule is CN(Cc1ccco1)C[C@H]1OC[C@@H]2CCN(Cc3ccccn3)C[C@@H]21.O=C(O)C(F)(F)F.O=C(O)C(F)(F)F. The average molecular weight is 569 g/mol. The lowest BCUT2D eigenvalue weighted by molar-refractivity contribution is -0.193. The van der Waals surface area contributed by atoms with Gasteiger partial charge in [0.15, 0.2) is 0 Å². The summed E-state index contributed by atoms with van der Waals surface area (Å²) in [7, 11) is 2.15. The number of carboxylic acid groups (broad SMARTS) is 2. The van der Waals surface area contributed by atoms with Crippen molar-refractivity contribution in [3.05, 3.63) is 54.2 Å². The van der Waals surface area contributed by atoms with E-state index in [0.717, 1.165) is 50.8 Å². The Morgan fingerprint density at radius 3 is 2.23 bits per heavy atom. The van der Waals surface area contributed by atoms with Crippen LogP contribution in [0.1, 0.15) is 17.9 Å². The second-order valence-corrected chi connectivity index (χ2v) is 9.02. The number of hydrogen-bond acceptors (Lipinski definition) is 7. The number of alkyl halides is 6. The molecule has 0 aliphatic carbocycles. The lowest BCUT2D eigenvalue weighted by Gasteiger charge is -2.36. The summed E-state index contributed by atoms with van der Waals surface area (Å²) in [5.74, 6) is -3.17. The standard InChI is InChI=1S/C20H27N3O2.2C2HF3O2/c1-22(12-18-6-4-10-24-18)14-20-19-13-23(9-7-16(19)15-25-20)11-17-5-2-3-8-21-17;2*3-2(4,5)1(6)7/h2-6,8,10,16,19-20H,7,9,11-15H2,1H3;2*(H,6,7)/t16-,19-,20+;;/m0../s1. The molecule has 9 nitrogen and oxygen atoms in total. The lowest BCUT2D eigenvalue weighted by atomic mass is 9.84. The molecule has 2 aromatic heterocycles. The number of carboxylic acids is 2. The van der Waals surface area contributed by atoms with E-state index in [0.29, 0.717) is 17.9 Å². The van der Waals surface area contributed by atoms with E-state index in [1.165, 1.54) is 6.42 Å². The third-order valence-corrected chi connectivity index (χ3v) is 5.99. The van der Waals surface area contributed by atoms with E-state index in [1.807, 2.05) is 24.4 Å². The van der Waals surface area contributed by atoms with Gasteiger partial charge in [0.1, 0.15) is 5.76 Å². The van der Waals surface area contributed by atoms with Gasteiger partial charge in [-0.1, -0.05) is 6.07 Å². The van der Waals surface area contributed by atoms with Gasteiger partial charge in [0.2, 0.25) is 0 Å². The summed E-state index contributed by atoms with van der Waals surface area (Å²) in [5, 5.41) is 14.2. The average Bonchev–Trinajstić information content (AvgIpc) is 3.49. The fraction of sp³-hybridized carbons (Fsp3) is 0.542. The Hall–Kier alpha value is -3.17. The second-order valence-electron chi connectivity index (χ2n) is 9.02. The third kappa shape index (κ3) is 11.2. The minimum absolute atomic E-state index is 0.316. The molecule has 2 N–H and O–H groups in total. The van der Waals surface area contributed by atoms with Crippen molar-refractivity contribution < 1.29 is 55.3 Å². The van der Waals surface area contributed by atoms with Crippen molar-refractivity contribution in [2.75, 3.05) is 33.3 Å². The monoisotopic (exact) mass is 569 g/mol. The largest absolute Gasteiger partial charge is 0.490 e. The third-order valence-electron chi connectivity index (χ3n) is 5.99. The molecular formula is C24H29F6N3O6. The molecule has 2 aliphatic rings. The molecular weight excluding hydrogens is 540 g/mol.